The van der Waals surface area contributed by atoms with Crippen LogP contribution in [0.25, 0.3) is 0 Å². The predicted molar refractivity (Wildman–Crippen MR) is 32.7 cm³/mol. The van der Waals surface area contributed by atoms with Gasteiger partial charge >= 0.3 is 0 Å². The lowest BCUT2D eigenvalue weighted by molar-refractivity contribution is 0.0850. The van der Waals surface area contributed by atoms with Crippen molar-refractivity contribution < 1.29 is 14.6 Å². The van der Waals surface area contributed by atoms with Crippen molar-refractivity contribution in [1.29, 1.82) is 0 Å². The van der Waals surface area contributed by atoms with Gasteiger partial charge < -0.3 is 14.6 Å². The Balaban J connectivity index is 3.37. The first kappa shape index (κ1) is 8.10. The monoisotopic (exact) mass is 136 g/mol. The normalized spacial score (nSPS) is 12.0. The summed E-state index contributed by atoms with van der Waals surface area (Å²) in [5.41, 5.74) is 0. The minimum Gasteiger partial charge on any atom is -0.397 e. The fourth-order valence-corrected chi connectivity index (χ4v) is 0.661. The molecule has 0 amide bonds. The smallest absolute Gasteiger partial charge is 0.214 e. The molecule has 0 aliphatic heterocycles. The molecule has 0 rings (SSSR count). The third kappa shape index (κ3) is 3.14. The molecule has 0 aromatic carbocycles. The van der Waals surface area contributed by atoms with Crippen LogP contribution in [-0.2, 0) is 4.43 Å². The lowest BCUT2D eigenvalue weighted by Gasteiger charge is -2.16. The van der Waals surface area contributed by atoms with E-state index < -0.39 is 8.32 Å². The second kappa shape index (κ2) is 3.19. The van der Waals surface area contributed by atoms with E-state index in [1.54, 1.807) is 0 Å². The summed E-state index contributed by atoms with van der Waals surface area (Å²) in [5, 5.41) is 16.8. The molecule has 8 heavy (non-hydrogen) atoms. The van der Waals surface area contributed by atoms with E-state index in [-0.39, 0.29) is 13.0 Å². The Bertz CT molecular complexity index is 64.3. The molecule has 2 N–H and O–H groups in total. The van der Waals surface area contributed by atoms with Crippen molar-refractivity contribution in [2.75, 3.05) is 13.0 Å². The molecule has 0 unspecified atom stereocenters. The van der Waals surface area contributed by atoms with Crippen LogP contribution in [0.4, 0.5) is 0 Å². The van der Waals surface area contributed by atoms with Gasteiger partial charge in [0, 0.05) is 0 Å². The fraction of sp³-hybridized carbons (Fsp3) is 1.00. The van der Waals surface area contributed by atoms with Crippen LogP contribution in [-0.4, -0.2) is 31.6 Å². The number of aliphatic hydroxyl groups is 2. The van der Waals surface area contributed by atoms with Crippen LogP contribution >= 0.6 is 0 Å². The van der Waals surface area contributed by atoms with Crippen molar-refractivity contribution in [2.24, 2.45) is 0 Å². The van der Waals surface area contributed by atoms with Crippen molar-refractivity contribution in [3.8, 4) is 0 Å². The molecular weight excluding hydrogens is 124 g/mol. The first-order valence-electron chi connectivity index (χ1n) is 2.48. The molecule has 4 heteroatoms. The Labute approximate surface area is 50.0 Å². The molecule has 0 aromatic rings. The average Bonchev–Trinajstić information content (AvgIpc) is 1.67. The zero-order chi connectivity index (χ0) is 6.62. The number of aliphatic hydroxyl groups excluding tert-OH is 2. The molecule has 0 heterocycles. The Morgan fingerprint density at radius 2 is 1.88 bits per heavy atom. The van der Waals surface area contributed by atoms with Gasteiger partial charge in [0.1, 0.15) is 6.79 Å². The van der Waals surface area contributed by atoms with E-state index in [0.717, 1.165) is 0 Å². The zero-order valence-corrected chi connectivity index (χ0v) is 6.22. The summed E-state index contributed by atoms with van der Waals surface area (Å²) in [4.78, 5) is 0. The summed E-state index contributed by atoms with van der Waals surface area (Å²) in [7, 11) is -1.87. The van der Waals surface area contributed by atoms with Crippen molar-refractivity contribution >= 4 is 8.32 Å². The lowest BCUT2D eigenvalue weighted by atomic mass is 11.6. The van der Waals surface area contributed by atoms with E-state index in [9.17, 15) is 0 Å². The third-order valence-electron chi connectivity index (χ3n) is 0.836. The van der Waals surface area contributed by atoms with E-state index in [1.165, 1.54) is 0 Å². The summed E-state index contributed by atoms with van der Waals surface area (Å²) in [5.74, 6) is 0. The molecule has 3 nitrogen and oxygen atoms in total. The standard InChI is InChI=1S/C4H12O3Si/c1-8(2,4-6)7-3-5/h5-6H,3-4H2,1-2H3. The summed E-state index contributed by atoms with van der Waals surface area (Å²) >= 11 is 0. The van der Waals surface area contributed by atoms with Crippen LogP contribution in [0.3, 0.4) is 0 Å². The Morgan fingerprint density at radius 1 is 1.38 bits per heavy atom. The molecule has 0 fully saturated rings. The topological polar surface area (TPSA) is 49.7 Å². The maximum absolute atomic E-state index is 8.55. The zero-order valence-electron chi connectivity index (χ0n) is 5.22. The summed E-state index contributed by atoms with van der Waals surface area (Å²) in [6.45, 7) is 3.40. The Morgan fingerprint density at radius 3 is 2.00 bits per heavy atom. The number of rotatable bonds is 3. The molecule has 0 aliphatic rings. The van der Waals surface area contributed by atoms with Gasteiger partial charge in [-0.15, -0.1) is 0 Å². The maximum atomic E-state index is 8.55. The third-order valence-corrected chi connectivity index (χ3v) is 2.51. The van der Waals surface area contributed by atoms with Gasteiger partial charge in [0.2, 0.25) is 8.32 Å². The minimum absolute atomic E-state index is 0.0631. The highest BCUT2D eigenvalue weighted by Gasteiger charge is 2.19. The van der Waals surface area contributed by atoms with Crippen LogP contribution in [0, 0.1) is 0 Å². The average molecular weight is 136 g/mol. The highest BCUT2D eigenvalue weighted by molar-refractivity contribution is 6.70. The molecule has 0 aliphatic carbocycles. The van der Waals surface area contributed by atoms with Crippen molar-refractivity contribution in [2.45, 2.75) is 13.1 Å². The maximum Gasteiger partial charge on any atom is 0.214 e. The van der Waals surface area contributed by atoms with Crippen molar-refractivity contribution in [3.05, 3.63) is 0 Å². The van der Waals surface area contributed by atoms with Crippen LogP contribution in [0.2, 0.25) is 13.1 Å². The van der Waals surface area contributed by atoms with Crippen LogP contribution in [0.5, 0.6) is 0 Å². The van der Waals surface area contributed by atoms with Gasteiger partial charge in [-0.25, -0.2) is 0 Å². The highest BCUT2D eigenvalue weighted by Crippen LogP contribution is 1.99. The van der Waals surface area contributed by atoms with Gasteiger partial charge in [-0.2, -0.15) is 0 Å². The predicted octanol–water partition coefficient (Wildman–Crippen LogP) is -0.311. The van der Waals surface area contributed by atoms with E-state index in [1.807, 2.05) is 13.1 Å². The Kier molecular flexibility index (Phi) is 3.23. The van der Waals surface area contributed by atoms with Crippen LogP contribution in [0.1, 0.15) is 0 Å². The van der Waals surface area contributed by atoms with E-state index in [2.05, 4.69) is 0 Å². The quantitative estimate of drug-likeness (QED) is 0.413. The molecule has 0 saturated carbocycles. The molecule has 0 spiro atoms. The summed E-state index contributed by atoms with van der Waals surface area (Å²) in [6, 6.07) is 0. The first-order valence-corrected chi connectivity index (χ1v) is 5.59. The molecule has 0 aromatic heterocycles. The van der Waals surface area contributed by atoms with Gasteiger partial charge in [0.25, 0.3) is 0 Å². The molecule has 0 bridgehead atoms. The SMILES string of the molecule is C[Si](C)(CO)OCO. The lowest BCUT2D eigenvalue weighted by Crippen LogP contribution is -2.35. The highest BCUT2D eigenvalue weighted by atomic mass is 28.4. The second-order valence-corrected chi connectivity index (χ2v) is 6.32. The molecule has 0 saturated heterocycles. The van der Waals surface area contributed by atoms with E-state index in [4.69, 9.17) is 14.6 Å². The van der Waals surface area contributed by atoms with Gasteiger partial charge in [-0.1, -0.05) is 0 Å². The molecule has 50 valence electrons. The van der Waals surface area contributed by atoms with Crippen molar-refractivity contribution in [1.82, 2.24) is 0 Å². The van der Waals surface area contributed by atoms with Gasteiger partial charge in [-0.3, -0.25) is 0 Å². The molecule has 0 atom stereocenters. The van der Waals surface area contributed by atoms with E-state index >= 15 is 0 Å². The second-order valence-electron chi connectivity index (χ2n) is 2.19. The van der Waals surface area contributed by atoms with Gasteiger partial charge in [0.05, 0.1) is 6.23 Å². The summed E-state index contributed by atoms with van der Waals surface area (Å²) < 4.78 is 4.82. The van der Waals surface area contributed by atoms with Gasteiger partial charge in [0.15, 0.2) is 0 Å². The minimum atomic E-state index is -1.87. The molecule has 0 radical (unpaired) electrons. The van der Waals surface area contributed by atoms with Crippen molar-refractivity contribution in [3.63, 3.8) is 0 Å². The molecular formula is C4H12O3Si. The van der Waals surface area contributed by atoms with Crippen LogP contribution in [0.15, 0.2) is 0 Å². The fourth-order valence-electron chi connectivity index (χ4n) is 0.220. The Hall–Kier alpha value is 0.0969. The first-order chi connectivity index (χ1) is 3.62. The number of hydrogen-bond acceptors (Lipinski definition) is 3. The largest absolute Gasteiger partial charge is 0.397 e. The summed E-state index contributed by atoms with van der Waals surface area (Å²) in [6.07, 6.45) is 0.0631. The number of hydrogen-bond donors (Lipinski definition) is 2. The van der Waals surface area contributed by atoms with Gasteiger partial charge in [-0.05, 0) is 13.1 Å². The van der Waals surface area contributed by atoms with E-state index in [0.29, 0.717) is 0 Å². The van der Waals surface area contributed by atoms with Crippen LogP contribution < -0.4 is 0 Å².